The Labute approximate surface area is 104 Å². The third kappa shape index (κ3) is 2.37. The molecule has 0 saturated carbocycles. The molecule has 0 saturated heterocycles. The lowest BCUT2D eigenvalue weighted by atomic mass is 10.1. The third-order valence-corrected chi connectivity index (χ3v) is 2.43. The van der Waals surface area contributed by atoms with Crippen LogP contribution in [0.4, 0.5) is 5.69 Å². The van der Waals surface area contributed by atoms with Crippen LogP contribution in [0.2, 0.25) is 0 Å². The number of carbonyl (C=O) groups is 2. The van der Waals surface area contributed by atoms with Gasteiger partial charge in [-0.15, -0.1) is 0 Å². The molecule has 1 aliphatic rings. The van der Waals surface area contributed by atoms with Gasteiger partial charge in [-0.25, -0.2) is 4.79 Å². The molecular formula is C12H13NO5. The Morgan fingerprint density at radius 2 is 2.00 bits per heavy atom. The minimum atomic E-state index is -0.908. The molecule has 0 radical (unpaired) electrons. The minimum Gasteiger partial charge on any atom is -0.459 e. The molecule has 0 spiro atoms. The quantitative estimate of drug-likeness (QED) is 0.632. The van der Waals surface area contributed by atoms with Crippen molar-refractivity contribution < 1.29 is 23.8 Å². The summed E-state index contributed by atoms with van der Waals surface area (Å²) in [6, 6.07) is 3.36. The molecule has 1 aromatic rings. The van der Waals surface area contributed by atoms with Gasteiger partial charge < -0.3 is 19.5 Å². The summed E-state index contributed by atoms with van der Waals surface area (Å²) in [6.45, 7) is 3.75. The van der Waals surface area contributed by atoms with Crippen molar-refractivity contribution in [3.8, 4) is 11.5 Å². The van der Waals surface area contributed by atoms with Crippen molar-refractivity contribution in [1.82, 2.24) is 0 Å². The van der Waals surface area contributed by atoms with E-state index in [4.69, 9.17) is 9.47 Å². The van der Waals surface area contributed by atoms with Gasteiger partial charge in [0.1, 0.15) is 0 Å². The molecule has 0 unspecified atom stereocenters. The Morgan fingerprint density at radius 1 is 1.33 bits per heavy atom. The molecule has 6 heteroatoms. The van der Waals surface area contributed by atoms with Gasteiger partial charge in [0.2, 0.25) is 6.79 Å². The maximum Gasteiger partial charge on any atom is 0.397 e. The summed E-state index contributed by atoms with van der Waals surface area (Å²) < 4.78 is 15.0. The highest BCUT2D eigenvalue weighted by Crippen LogP contribution is 2.36. The molecule has 2 rings (SSSR count). The molecule has 0 atom stereocenters. The first-order valence-corrected chi connectivity index (χ1v) is 5.50. The van der Waals surface area contributed by atoms with Crippen LogP contribution in [0.1, 0.15) is 12.5 Å². The van der Waals surface area contributed by atoms with Crippen molar-refractivity contribution in [2.24, 2.45) is 0 Å². The first-order chi connectivity index (χ1) is 8.61. The van der Waals surface area contributed by atoms with E-state index in [-0.39, 0.29) is 13.4 Å². The zero-order chi connectivity index (χ0) is 13.1. The Bertz CT molecular complexity index is 497. The Morgan fingerprint density at radius 3 is 2.67 bits per heavy atom. The van der Waals surface area contributed by atoms with Gasteiger partial charge in [-0.1, -0.05) is 0 Å². The van der Waals surface area contributed by atoms with Gasteiger partial charge in [0.05, 0.1) is 6.61 Å². The maximum atomic E-state index is 11.5. The van der Waals surface area contributed by atoms with Crippen LogP contribution >= 0.6 is 0 Å². The monoisotopic (exact) mass is 251 g/mol. The highest BCUT2D eigenvalue weighted by Gasteiger charge is 2.19. The fraction of sp³-hybridized carbons (Fsp3) is 0.333. The van der Waals surface area contributed by atoms with Gasteiger partial charge in [0, 0.05) is 11.8 Å². The lowest BCUT2D eigenvalue weighted by Gasteiger charge is -2.08. The molecule has 18 heavy (non-hydrogen) atoms. The van der Waals surface area contributed by atoms with Crippen LogP contribution in [-0.4, -0.2) is 25.3 Å². The summed E-state index contributed by atoms with van der Waals surface area (Å²) in [6.07, 6.45) is 0. The number of rotatable bonds is 2. The number of benzene rings is 1. The van der Waals surface area contributed by atoms with Crippen molar-refractivity contribution in [2.45, 2.75) is 13.8 Å². The molecule has 1 aliphatic heterocycles. The highest BCUT2D eigenvalue weighted by molar-refractivity contribution is 6.37. The largest absolute Gasteiger partial charge is 0.459 e. The van der Waals surface area contributed by atoms with Crippen molar-refractivity contribution in [3.05, 3.63) is 17.7 Å². The van der Waals surface area contributed by atoms with Crippen molar-refractivity contribution >= 4 is 17.6 Å². The number of nitrogens with one attached hydrogen (secondary N) is 1. The van der Waals surface area contributed by atoms with E-state index in [0.29, 0.717) is 17.2 Å². The zero-order valence-electron chi connectivity index (χ0n) is 10.1. The van der Waals surface area contributed by atoms with Gasteiger partial charge in [0.25, 0.3) is 0 Å². The molecule has 1 heterocycles. The molecule has 0 aliphatic carbocycles. The second kappa shape index (κ2) is 4.95. The van der Waals surface area contributed by atoms with Crippen LogP contribution in [0, 0.1) is 6.92 Å². The minimum absolute atomic E-state index is 0.157. The van der Waals surface area contributed by atoms with E-state index in [1.165, 1.54) is 0 Å². The molecule has 1 N–H and O–H groups in total. The standard InChI is InChI=1S/C12H13NO5/c1-3-16-12(15)11(14)13-8-5-10-9(4-7(8)2)17-6-18-10/h4-5H,3,6H2,1-2H3,(H,13,14). The first kappa shape index (κ1) is 12.2. The van der Waals surface area contributed by atoms with E-state index in [1.807, 2.05) is 0 Å². The fourth-order valence-corrected chi connectivity index (χ4v) is 1.55. The highest BCUT2D eigenvalue weighted by atomic mass is 16.7. The normalized spacial score (nSPS) is 12.1. The number of hydrogen-bond donors (Lipinski definition) is 1. The van der Waals surface area contributed by atoms with E-state index < -0.39 is 11.9 Å². The van der Waals surface area contributed by atoms with E-state index in [1.54, 1.807) is 26.0 Å². The Kier molecular flexibility index (Phi) is 3.36. The van der Waals surface area contributed by atoms with E-state index >= 15 is 0 Å². The molecule has 6 nitrogen and oxygen atoms in total. The second-order valence-electron chi connectivity index (χ2n) is 3.69. The summed E-state index contributed by atoms with van der Waals surface area (Å²) in [4.78, 5) is 22.7. The molecule has 96 valence electrons. The topological polar surface area (TPSA) is 73.9 Å². The number of esters is 1. The SMILES string of the molecule is CCOC(=O)C(=O)Nc1cc2c(cc1C)OCO2. The summed E-state index contributed by atoms with van der Waals surface area (Å²) in [7, 11) is 0. The van der Waals surface area contributed by atoms with Gasteiger partial charge in [0.15, 0.2) is 11.5 Å². The average molecular weight is 251 g/mol. The number of hydrogen-bond acceptors (Lipinski definition) is 5. The van der Waals surface area contributed by atoms with Crippen LogP contribution in [0.3, 0.4) is 0 Å². The molecule has 1 aromatic carbocycles. The smallest absolute Gasteiger partial charge is 0.397 e. The lowest BCUT2D eigenvalue weighted by molar-refractivity contribution is -0.152. The van der Waals surface area contributed by atoms with Crippen LogP contribution < -0.4 is 14.8 Å². The Balaban J connectivity index is 2.14. The summed E-state index contributed by atoms with van der Waals surface area (Å²) >= 11 is 0. The zero-order valence-corrected chi connectivity index (χ0v) is 10.1. The van der Waals surface area contributed by atoms with E-state index in [0.717, 1.165) is 5.56 Å². The van der Waals surface area contributed by atoms with Crippen molar-refractivity contribution in [2.75, 3.05) is 18.7 Å². The molecule has 0 aromatic heterocycles. The van der Waals surface area contributed by atoms with Gasteiger partial charge in [-0.2, -0.15) is 0 Å². The fourth-order valence-electron chi connectivity index (χ4n) is 1.55. The number of aryl methyl sites for hydroxylation is 1. The van der Waals surface area contributed by atoms with E-state index in [2.05, 4.69) is 10.1 Å². The summed E-state index contributed by atoms with van der Waals surface area (Å²) in [5.74, 6) is -0.547. The number of anilines is 1. The predicted molar refractivity (Wildman–Crippen MR) is 62.6 cm³/mol. The van der Waals surface area contributed by atoms with Crippen molar-refractivity contribution in [3.63, 3.8) is 0 Å². The van der Waals surface area contributed by atoms with Crippen LogP contribution in [0.5, 0.6) is 11.5 Å². The van der Waals surface area contributed by atoms with Crippen LogP contribution in [-0.2, 0) is 14.3 Å². The van der Waals surface area contributed by atoms with Crippen LogP contribution in [0.15, 0.2) is 12.1 Å². The predicted octanol–water partition coefficient (Wildman–Crippen LogP) is 1.23. The number of amides is 1. The first-order valence-electron chi connectivity index (χ1n) is 5.50. The van der Waals surface area contributed by atoms with Gasteiger partial charge in [-0.05, 0) is 25.5 Å². The van der Waals surface area contributed by atoms with E-state index in [9.17, 15) is 9.59 Å². The summed E-state index contributed by atoms with van der Waals surface area (Å²) in [5.41, 5.74) is 1.27. The van der Waals surface area contributed by atoms with Gasteiger partial charge >= 0.3 is 11.9 Å². The third-order valence-electron chi connectivity index (χ3n) is 2.43. The Hall–Kier alpha value is -2.24. The molecule has 1 amide bonds. The maximum absolute atomic E-state index is 11.5. The number of fused-ring (bicyclic) bond motifs is 1. The molecular weight excluding hydrogens is 238 g/mol. The number of carbonyl (C=O) groups excluding carboxylic acids is 2. The average Bonchev–Trinajstić information content (AvgIpc) is 2.76. The summed E-state index contributed by atoms with van der Waals surface area (Å²) in [5, 5.41) is 2.48. The van der Waals surface area contributed by atoms with Gasteiger partial charge in [-0.3, -0.25) is 4.79 Å². The number of ether oxygens (including phenoxy) is 3. The molecule has 0 bridgehead atoms. The lowest BCUT2D eigenvalue weighted by Crippen LogP contribution is -2.25. The second-order valence-corrected chi connectivity index (χ2v) is 3.69. The molecule has 0 fully saturated rings. The van der Waals surface area contributed by atoms with Crippen LogP contribution in [0.25, 0.3) is 0 Å². The van der Waals surface area contributed by atoms with Crippen molar-refractivity contribution in [1.29, 1.82) is 0 Å².